The summed E-state index contributed by atoms with van der Waals surface area (Å²) in [5.41, 5.74) is 2.89. The predicted molar refractivity (Wildman–Crippen MR) is 129 cm³/mol. The van der Waals surface area contributed by atoms with E-state index < -0.39 is 0 Å². The second-order valence-electron chi connectivity index (χ2n) is 9.30. The Bertz CT molecular complexity index is 1340. The highest BCUT2D eigenvalue weighted by molar-refractivity contribution is 5.96. The molecule has 2 amide bonds. The first kappa shape index (κ1) is 22.1. The van der Waals surface area contributed by atoms with Crippen molar-refractivity contribution in [3.05, 3.63) is 66.1 Å². The Labute approximate surface area is 198 Å². The Morgan fingerprint density at radius 2 is 2.18 bits per heavy atom. The number of rotatable bonds is 8. The highest BCUT2D eigenvalue weighted by atomic mass is 16.3. The third-order valence-corrected chi connectivity index (χ3v) is 7.32. The number of hydrogen-bond donors (Lipinski definition) is 1. The van der Waals surface area contributed by atoms with Crippen molar-refractivity contribution >= 4 is 28.4 Å². The number of amides is 2. The van der Waals surface area contributed by atoms with Gasteiger partial charge in [-0.1, -0.05) is 19.4 Å². The van der Waals surface area contributed by atoms with Gasteiger partial charge in [-0.3, -0.25) is 19.0 Å². The molecule has 1 aliphatic carbocycles. The van der Waals surface area contributed by atoms with Gasteiger partial charge < -0.3 is 14.6 Å². The third-order valence-electron chi connectivity index (χ3n) is 7.32. The molecule has 4 heterocycles. The summed E-state index contributed by atoms with van der Waals surface area (Å²) in [4.78, 5) is 36.1. The zero-order valence-electron chi connectivity index (χ0n) is 19.7. The maximum absolute atomic E-state index is 13.2. The van der Waals surface area contributed by atoms with Gasteiger partial charge in [0.2, 0.25) is 0 Å². The van der Waals surface area contributed by atoms with Gasteiger partial charge in [-0.15, -0.1) is 0 Å². The minimum absolute atomic E-state index is 0.0210. The van der Waals surface area contributed by atoms with Crippen molar-refractivity contribution in [1.29, 1.82) is 0 Å². The van der Waals surface area contributed by atoms with Crippen molar-refractivity contribution < 1.29 is 14.0 Å². The van der Waals surface area contributed by atoms with E-state index in [1.807, 2.05) is 48.8 Å². The van der Waals surface area contributed by atoms with Gasteiger partial charge in [-0.25, -0.2) is 4.98 Å². The molecule has 1 saturated carbocycles. The van der Waals surface area contributed by atoms with E-state index >= 15 is 0 Å². The number of carbonyl (C=O) groups excluding carboxylic acids is 2. The minimum atomic E-state index is -0.205. The maximum Gasteiger partial charge on any atom is 0.287 e. The molecule has 2 atom stereocenters. The number of pyridine rings is 2. The van der Waals surface area contributed by atoms with Crippen LogP contribution in [0.15, 0.2) is 53.3 Å². The van der Waals surface area contributed by atoms with Crippen LogP contribution in [0.3, 0.4) is 0 Å². The van der Waals surface area contributed by atoms with Crippen LogP contribution in [0.4, 0.5) is 0 Å². The van der Waals surface area contributed by atoms with Gasteiger partial charge in [0.15, 0.2) is 11.3 Å². The summed E-state index contributed by atoms with van der Waals surface area (Å²) >= 11 is 0. The zero-order valence-corrected chi connectivity index (χ0v) is 19.7. The van der Waals surface area contributed by atoms with Crippen molar-refractivity contribution in [3.8, 4) is 0 Å². The van der Waals surface area contributed by atoms with Crippen LogP contribution >= 0.6 is 0 Å². The Hall–Kier alpha value is -3.68. The van der Waals surface area contributed by atoms with Crippen molar-refractivity contribution in [2.24, 2.45) is 11.3 Å². The first-order chi connectivity index (χ1) is 16.4. The molecule has 1 N–H and O–H groups in total. The summed E-state index contributed by atoms with van der Waals surface area (Å²) in [5.74, 6) is 0.476. The van der Waals surface area contributed by atoms with Crippen molar-refractivity contribution in [2.45, 2.75) is 33.1 Å². The largest absolute Gasteiger partial charge is 0.449 e. The number of nitrogens with one attached hydrogen (secondary N) is 1. The normalized spacial score (nSPS) is 19.4. The van der Waals surface area contributed by atoms with E-state index in [2.05, 4.69) is 22.2 Å². The van der Waals surface area contributed by atoms with E-state index in [0.29, 0.717) is 36.0 Å². The lowest BCUT2D eigenvalue weighted by atomic mass is 9.95. The third kappa shape index (κ3) is 3.93. The minimum Gasteiger partial charge on any atom is -0.449 e. The van der Waals surface area contributed by atoms with E-state index in [1.54, 1.807) is 23.4 Å². The first-order valence-corrected chi connectivity index (χ1v) is 11.7. The van der Waals surface area contributed by atoms with E-state index in [4.69, 9.17) is 4.42 Å². The molecule has 8 heteroatoms. The van der Waals surface area contributed by atoms with Crippen LogP contribution in [0.1, 0.15) is 52.9 Å². The summed E-state index contributed by atoms with van der Waals surface area (Å²) < 4.78 is 7.47. The molecule has 176 valence electrons. The number of aromatic nitrogens is 3. The number of hydrogen-bond acceptors (Lipinski definition) is 5. The van der Waals surface area contributed by atoms with Crippen LogP contribution in [-0.4, -0.2) is 51.2 Å². The Morgan fingerprint density at radius 1 is 1.32 bits per heavy atom. The quantitative estimate of drug-likeness (QED) is 0.428. The fourth-order valence-electron chi connectivity index (χ4n) is 4.98. The number of furan rings is 1. The van der Waals surface area contributed by atoms with Gasteiger partial charge in [0, 0.05) is 37.9 Å². The fraction of sp³-hybridized carbons (Fsp3) is 0.385. The summed E-state index contributed by atoms with van der Waals surface area (Å²) in [6, 6.07) is 9.30. The molecular weight excluding hydrogens is 430 g/mol. The molecule has 1 unspecified atom stereocenters. The fourth-order valence-corrected chi connectivity index (χ4v) is 4.98. The van der Waals surface area contributed by atoms with Gasteiger partial charge in [-0.05, 0) is 55.4 Å². The van der Waals surface area contributed by atoms with Crippen LogP contribution in [0.5, 0.6) is 0 Å². The van der Waals surface area contributed by atoms with Crippen LogP contribution in [-0.2, 0) is 0 Å². The number of fused-ring (bicyclic) bond motifs is 2. The maximum atomic E-state index is 13.2. The van der Waals surface area contributed by atoms with E-state index in [0.717, 1.165) is 36.0 Å². The number of aryl methyl sites for hydroxylation is 1. The van der Waals surface area contributed by atoms with Crippen LogP contribution in [0.25, 0.3) is 16.6 Å². The molecule has 8 nitrogen and oxygen atoms in total. The van der Waals surface area contributed by atoms with Gasteiger partial charge in [-0.2, -0.15) is 0 Å². The second kappa shape index (κ2) is 8.59. The van der Waals surface area contributed by atoms with Gasteiger partial charge in [0.05, 0.1) is 11.9 Å². The number of carbonyl (C=O) groups is 2. The highest BCUT2D eigenvalue weighted by Gasteiger charge is 2.51. The molecule has 5 rings (SSSR count). The molecule has 34 heavy (non-hydrogen) atoms. The topological polar surface area (TPSA) is 92.7 Å². The molecule has 0 spiro atoms. The van der Waals surface area contributed by atoms with Crippen molar-refractivity contribution in [3.63, 3.8) is 0 Å². The summed E-state index contributed by atoms with van der Waals surface area (Å²) in [7, 11) is 1.85. The summed E-state index contributed by atoms with van der Waals surface area (Å²) in [6.45, 7) is 5.32. The number of imidazole rings is 1. The lowest BCUT2D eigenvalue weighted by molar-refractivity contribution is 0.0775. The van der Waals surface area contributed by atoms with Gasteiger partial charge >= 0.3 is 0 Å². The van der Waals surface area contributed by atoms with E-state index in [9.17, 15) is 9.59 Å². The van der Waals surface area contributed by atoms with Crippen LogP contribution in [0, 0.1) is 18.3 Å². The predicted octanol–water partition coefficient (Wildman–Crippen LogP) is 4.09. The van der Waals surface area contributed by atoms with Crippen molar-refractivity contribution in [1.82, 2.24) is 24.6 Å². The SMILES string of the molecule is CCC1(CCN(C)C(=O)c2c(C)nc3ccccn23)C[C@@H]1CNC(=O)c1cc2ccncc2o1. The molecular formula is C26H29N5O3. The molecule has 0 aromatic carbocycles. The summed E-state index contributed by atoms with van der Waals surface area (Å²) in [5, 5.41) is 3.89. The monoisotopic (exact) mass is 459 g/mol. The van der Waals surface area contributed by atoms with Crippen LogP contribution in [0.2, 0.25) is 0 Å². The van der Waals surface area contributed by atoms with Crippen molar-refractivity contribution in [2.75, 3.05) is 20.1 Å². The molecule has 0 bridgehead atoms. The first-order valence-electron chi connectivity index (χ1n) is 11.7. The molecule has 4 aromatic rings. The van der Waals surface area contributed by atoms with Gasteiger partial charge in [0.1, 0.15) is 11.3 Å². The smallest absolute Gasteiger partial charge is 0.287 e. The Kier molecular flexibility index (Phi) is 5.59. The lowest BCUT2D eigenvalue weighted by Crippen LogP contribution is -2.32. The molecule has 0 aliphatic heterocycles. The molecule has 1 fully saturated rings. The highest BCUT2D eigenvalue weighted by Crippen LogP contribution is 2.57. The number of nitrogens with zero attached hydrogens (tertiary/aromatic N) is 4. The molecule has 0 radical (unpaired) electrons. The molecule has 1 aliphatic rings. The van der Waals surface area contributed by atoms with E-state index in [-0.39, 0.29) is 17.2 Å². The molecule has 4 aromatic heterocycles. The zero-order chi connectivity index (χ0) is 23.9. The second-order valence-corrected chi connectivity index (χ2v) is 9.30. The van der Waals surface area contributed by atoms with E-state index in [1.165, 1.54) is 0 Å². The Morgan fingerprint density at radius 3 is 2.97 bits per heavy atom. The average molecular weight is 460 g/mol. The van der Waals surface area contributed by atoms with Crippen LogP contribution < -0.4 is 5.32 Å². The molecule has 0 saturated heterocycles. The Balaban J connectivity index is 1.17. The van der Waals surface area contributed by atoms with Gasteiger partial charge in [0.25, 0.3) is 11.8 Å². The standard InChI is InChI=1S/C26H29N5O3/c1-4-26(9-12-30(3)25(33)23-17(2)29-22-7-5-6-11-31(22)23)14-19(26)15-28-24(32)20-13-18-8-10-27-16-21(18)34-20/h5-8,10-11,13,16,19H,4,9,12,14-15H2,1-3H3,(H,28,32)/t19-,26?/m1/s1. The summed E-state index contributed by atoms with van der Waals surface area (Å²) in [6.07, 6.45) is 8.13. The average Bonchev–Trinajstić information content (AvgIpc) is 3.19. The lowest BCUT2D eigenvalue weighted by Gasteiger charge is -2.22.